The molecule has 0 aliphatic rings. The molecule has 2 rings (SSSR count). The molecule has 1 aromatic heterocycles. The van der Waals surface area contributed by atoms with Crippen LogP contribution in [-0.4, -0.2) is 20.2 Å². The predicted octanol–water partition coefficient (Wildman–Crippen LogP) is 1.17. The normalized spacial score (nSPS) is 10.3. The molecule has 0 bridgehead atoms. The molecule has 0 aliphatic heterocycles. The van der Waals surface area contributed by atoms with Crippen molar-refractivity contribution in [1.82, 2.24) is 20.2 Å². The summed E-state index contributed by atoms with van der Waals surface area (Å²) in [6, 6.07) is 7.65. The van der Waals surface area contributed by atoms with E-state index in [1.165, 1.54) is 4.80 Å². The highest BCUT2D eigenvalue weighted by molar-refractivity contribution is 7.80. The molecule has 5 heteroatoms. The van der Waals surface area contributed by atoms with Crippen LogP contribution in [-0.2, 0) is 7.05 Å². The highest BCUT2D eigenvalue weighted by Crippen LogP contribution is 2.16. The molecular formula is C8H8N4S. The Morgan fingerprint density at radius 3 is 2.85 bits per heavy atom. The Bertz CT molecular complexity index is 424. The average molecular weight is 192 g/mol. The molecule has 0 radical (unpaired) electrons. The van der Waals surface area contributed by atoms with Crippen molar-refractivity contribution >= 4 is 12.6 Å². The Morgan fingerprint density at radius 1 is 1.38 bits per heavy atom. The number of hydrogen-bond donors (Lipinski definition) is 1. The first-order valence-electron chi connectivity index (χ1n) is 3.79. The zero-order valence-electron chi connectivity index (χ0n) is 7.05. The monoisotopic (exact) mass is 192 g/mol. The van der Waals surface area contributed by atoms with Crippen LogP contribution in [0.2, 0.25) is 0 Å². The molecule has 0 saturated carbocycles. The lowest BCUT2D eigenvalue weighted by atomic mass is 10.2. The molecule has 2 aromatic rings. The van der Waals surface area contributed by atoms with Gasteiger partial charge in [-0.2, -0.15) is 4.80 Å². The zero-order valence-corrected chi connectivity index (χ0v) is 7.94. The van der Waals surface area contributed by atoms with Crippen molar-refractivity contribution in [2.75, 3.05) is 0 Å². The molecule has 1 aromatic carbocycles. The summed E-state index contributed by atoms with van der Waals surface area (Å²) in [5.41, 5.74) is 0.931. The lowest BCUT2D eigenvalue weighted by Crippen LogP contribution is -1.91. The second-order valence-corrected chi connectivity index (χ2v) is 3.17. The van der Waals surface area contributed by atoms with Gasteiger partial charge >= 0.3 is 0 Å². The van der Waals surface area contributed by atoms with E-state index < -0.39 is 0 Å². The van der Waals surface area contributed by atoms with Crippen LogP contribution >= 0.6 is 12.6 Å². The Labute approximate surface area is 81.0 Å². The molecule has 0 amide bonds. The van der Waals surface area contributed by atoms with Gasteiger partial charge in [-0.3, -0.25) is 0 Å². The Morgan fingerprint density at radius 2 is 2.23 bits per heavy atom. The van der Waals surface area contributed by atoms with E-state index in [-0.39, 0.29) is 0 Å². The van der Waals surface area contributed by atoms with Crippen molar-refractivity contribution < 1.29 is 0 Å². The van der Waals surface area contributed by atoms with Crippen LogP contribution in [0.1, 0.15) is 0 Å². The van der Waals surface area contributed by atoms with E-state index in [9.17, 15) is 0 Å². The molecule has 0 aliphatic carbocycles. The fourth-order valence-electron chi connectivity index (χ4n) is 1.04. The number of hydrogen-bond acceptors (Lipinski definition) is 4. The average Bonchev–Trinajstić information content (AvgIpc) is 2.52. The number of aryl methyl sites for hydroxylation is 1. The van der Waals surface area contributed by atoms with E-state index in [0.29, 0.717) is 5.82 Å². The number of nitrogens with zero attached hydrogens (tertiary/aromatic N) is 4. The third-order valence-electron chi connectivity index (χ3n) is 1.61. The third kappa shape index (κ3) is 1.70. The van der Waals surface area contributed by atoms with Crippen molar-refractivity contribution in [1.29, 1.82) is 0 Å². The van der Waals surface area contributed by atoms with Gasteiger partial charge in [0.25, 0.3) is 0 Å². The first-order chi connectivity index (χ1) is 6.25. The number of benzene rings is 1. The molecule has 0 N–H and O–H groups in total. The smallest absolute Gasteiger partial charge is 0.167 e. The molecule has 0 spiro atoms. The third-order valence-corrected chi connectivity index (χ3v) is 1.89. The van der Waals surface area contributed by atoms with Crippen LogP contribution in [0.5, 0.6) is 0 Å². The minimum Gasteiger partial charge on any atom is -0.167 e. The van der Waals surface area contributed by atoms with Gasteiger partial charge in [-0.1, -0.05) is 12.1 Å². The van der Waals surface area contributed by atoms with Gasteiger partial charge in [-0.05, 0) is 17.3 Å². The Balaban J connectivity index is 2.46. The number of rotatable bonds is 1. The molecule has 13 heavy (non-hydrogen) atoms. The fourth-order valence-corrected chi connectivity index (χ4v) is 1.27. The molecule has 0 unspecified atom stereocenters. The summed E-state index contributed by atoms with van der Waals surface area (Å²) in [6.07, 6.45) is 0. The summed E-state index contributed by atoms with van der Waals surface area (Å²) in [5.74, 6) is 0.624. The highest BCUT2D eigenvalue weighted by atomic mass is 32.1. The molecule has 4 nitrogen and oxygen atoms in total. The summed E-state index contributed by atoms with van der Waals surface area (Å²) < 4.78 is 0. The van der Waals surface area contributed by atoms with Crippen LogP contribution in [0.25, 0.3) is 11.4 Å². The summed E-state index contributed by atoms with van der Waals surface area (Å²) >= 11 is 4.23. The standard InChI is InChI=1S/C8H8N4S/c1-12-10-8(9-11-12)6-3-2-4-7(13)5-6/h2-5,13H,1H3. The fraction of sp³-hybridized carbons (Fsp3) is 0.125. The number of aromatic nitrogens is 4. The van der Waals surface area contributed by atoms with Gasteiger partial charge in [-0.25, -0.2) is 0 Å². The summed E-state index contributed by atoms with van der Waals surface area (Å²) in [4.78, 5) is 2.32. The maximum atomic E-state index is 4.23. The van der Waals surface area contributed by atoms with Gasteiger partial charge in [0.15, 0.2) is 0 Å². The van der Waals surface area contributed by atoms with E-state index in [1.807, 2.05) is 24.3 Å². The van der Waals surface area contributed by atoms with Gasteiger partial charge in [0.2, 0.25) is 5.82 Å². The highest BCUT2D eigenvalue weighted by Gasteiger charge is 2.03. The second-order valence-electron chi connectivity index (χ2n) is 2.65. The number of tetrazole rings is 1. The first kappa shape index (κ1) is 8.25. The summed E-state index contributed by atoms with van der Waals surface area (Å²) in [5, 5.41) is 11.7. The zero-order chi connectivity index (χ0) is 9.26. The van der Waals surface area contributed by atoms with Crippen molar-refractivity contribution in [3.63, 3.8) is 0 Å². The van der Waals surface area contributed by atoms with Gasteiger partial charge in [-0.15, -0.1) is 22.8 Å². The summed E-state index contributed by atoms with van der Waals surface area (Å²) in [6.45, 7) is 0. The lowest BCUT2D eigenvalue weighted by molar-refractivity contribution is 0.630. The largest absolute Gasteiger partial charge is 0.204 e. The van der Waals surface area contributed by atoms with E-state index in [1.54, 1.807) is 7.05 Å². The van der Waals surface area contributed by atoms with Gasteiger partial charge in [0.1, 0.15) is 0 Å². The topological polar surface area (TPSA) is 43.6 Å². The second kappa shape index (κ2) is 3.18. The van der Waals surface area contributed by atoms with Crippen LogP contribution in [0.15, 0.2) is 29.2 Å². The predicted molar refractivity (Wildman–Crippen MR) is 51.5 cm³/mol. The molecule has 0 saturated heterocycles. The number of thiol groups is 1. The SMILES string of the molecule is Cn1nnc(-c2cccc(S)c2)n1. The molecule has 66 valence electrons. The van der Waals surface area contributed by atoms with Crippen molar-refractivity contribution in [3.8, 4) is 11.4 Å². The quantitative estimate of drug-likeness (QED) is 0.690. The van der Waals surface area contributed by atoms with Crippen molar-refractivity contribution in [2.45, 2.75) is 4.90 Å². The van der Waals surface area contributed by atoms with Crippen molar-refractivity contribution in [2.24, 2.45) is 7.05 Å². The van der Waals surface area contributed by atoms with Crippen LogP contribution in [0.4, 0.5) is 0 Å². The van der Waals surface area contributed by atoms with E-state index in [2.05, 4.69) is 28.0 Å². The van der Waals surface area contributed by atoms with Gasteiger partial charge < -0.3 is 0 Å². The van der Waals surface area contributed by atoms with Gasteiger partial charge in [0, 0.05) is 10.5 Å². The van der Waals surface area contributed by atoms with Crippen LogP contribution in [0, 0.1) is 0 Å². The van der Waals surface area contributed by atoms with Crippen LogP contribution in [0.3, 0.4) is 0 Å². The van der Waals surface area contributed by atoms with Crippen LogP contribution < -0.4 is 0 Å². The van der Waals surface area contributed by atoms with Crippen molar-refractivity contribution in [3.05, 3.63) is 24.3 Å². The maximum absolute atomic E-state index is 4.23. The Hall–Kier alpha value is -1.36. The van der Waals surface area contributed by atoms with E-state index in [0.717, 1.165) is 10.5 Å². The van der Waals surface area contributed by atoms with E-state index in [4.69, 9.17) is 0 Å². The minimum absolute atomic E-state index is 0.624. The van der Waals surface area contributed by atoms with Gasteiger partial charge in [0.05, 0.1) is 7.05 Å². The lowest BCUT2D eigenvalue weighted by Gasteiger charge is -1.94. The summed E-state index contributed by atoms with van der Waals surface area (Å²) in [7, 11) is 1.74. The van der Waals surface area contributed by atoms with E-state index >= 15 is 0 Å². The maximum Gasteiger partial charge on any atom is 0.204 e. The molecular weight excluding hydrogens is 184 g/mol. The minimum atomic E-state index is 0.624. The molecule has 1 heterocycles. The first-order valence-corrected chi connectivity index (χ1v) is 4.24. The Kier molecular flexibility index (Phi) is 2.02. The molecule has 0 atom stereocenters. The molecule has 0 fully saturated rings.